The Morgan fingerprint density at radius 3 is 2.57 bits per heavy atom. The summed E-state index contributed by atoms with van der Waals surface area (Å²) in [6.45, 7) is 4.46. The lowest BCUT2D eigenvalue weighted by Gasteiger charge is -2.49. The van der Waals surface area contributed by atoms with E-state index in [1.54, 1.807) is 19.1 Å². The van der Waals surface area contributed by atoms with Crippen LogP contribution in [0.25, 0.3) is 0 Å². The third kappa shape index (κ3) is 3.14. The van der Waals surface area contributed by atoms with Crippen molar-refractivity contribution in [1.29, 1.82) is 0 Å². The standard InChI is InChI=1S/C18H28FNO/c1-3-5-14-8-10-18(13-20,11-9-14)17(2,21)15-6-4-7-16(19)12-15/h4,6-7,12,14,21H,3,5,8-11,13,20H2,1-2H3. The molecule has 0 heterocycles. The van der Waals surface area contributed by atoms with Crippen molar-refractivity contribution in [2.45, 2.75) is 58.0 Å². The normalized spacial score (nSPS) is 29.1. The molecule has 118 valence electrons. The Morgan fingerprint density at radius 1 is 1.38 bits per heavy atom. The van der Waals surface area contributed by atoms with Gasteiger partial charge in [-0.15, -0.1) is 0 Å². The first-order chi connectivity index (χ1) is 9.95. The SMILES string of the molecule is CCCC1CCC(CN)(C(C)(O)c2cccc(F)c2)CC1. The van der Waals surface area contributed by atoms with Crippen molar-refractivity contribution in [2.24, 2.45) is 17.1 Å². The summed E-state index contributed by atoms with van der Waals surface area (Å²) in [6.07, 6.45) is 6.51. The summed E-state index contributed by atoms with van der Waals surface area (Å²) in [5.41, 5.74) is 5.28. The minimum Gasteiger partial charge on any atom is -0.385 e. The molecule has 1 atom stereocenters. The molecule has 0 radical (unpaired) electrons. The quantitative estimate of drug-likeness (QED) is 0.863. The van der Waals surface area contributed by atoms with Crippen LogP contribution < -0.4 is 5.73 Å². The van der Waals surface area contributed by atoms with Gasteiger partial charge in [-0.1, -0.05) is 31.9 Å². The number of halogens is 1. The molecule has 1 aliphatic rings. The highest BCUT2D eigenvalue weighted by atomic mass is 19.1. The highest BCUT2D eigenvalue weighted by Crippen LogP contribution is 2.51. The van der Waals surface area contributed by atoms with Crippen LogP contribution in [0.3, 0.4) is 0 Å². The molecule has 1 aromatic rings. The second-order valence-electron chi connectivity index (χ2n) is 6.80. The summed E-state index contributed by atoms with van der Waals surface area (Å²) in [7, 11) is 0. The van der Waals surface area contributed by atoms with E-state index < -0.39 is 5.60 Å². The fourth-order valence-corrected chi connectivity index (χ4v) is 3.91. The van der Waals surface area contributed by atoms with E-state index in [-0.39, 0.29) is 11.2 Å². The molecular weight excluding hydrogens is 265 g/mol. The highest BCUT2D eigenvalue weighted by molar-refractivity contribution is 5.26. The van der Waals surface area contributed by atoms with Crippen molar-refractivity contribution in [3.63, 3.8) is 0 Å². The molecule has 2 nitrogen and oxygen atoms in total. The molecule has 21 heavy (non-hydrogen) atoms. The number of nitrogens with two attached hydrogens (primary N) is 1. The first-order valence-electron chi connectivity index (χ1n) is 8.13. The van der Waals surface area contributed by atoms with E-state index in [4.69, 9.17) is 5.73 Å². The minimum atomic E-state index is -1.08. The largest absolute Gasteiger partial charge is 0.385 e. The van der Waals surface area contributed by atoms with Crippen LogP contribution in [0, 0.1) is 17.2 Å². The average molecular weight is 293 g/mol. The zero-order chi connectivity index (χ0) is 15.5. The lowest BCUT2D eigenvalue weighted by molar-refractivity contribution is -0.0985. The Bertz CT molecular complexity index is 464. The summed E-state index contributed by atoms with van der Waals surface area (Å²) in [6, 6.07) is 6.31. The number of benzene rings is 1. The van der Waals surface area contributed by atoms with Crippen molar-refractivity contribution in [2.75, 3.05) is 6.54 Å². The third-order valence-electron chi connectivity index (χ3n) is 5.57. The number of aliphatic hydroxyl groups is 1. The average Bonchev–Trinajstić information content (AvgIpc) is 2.48. The van der Waals surface area contributed by atoms with Gasteiger partial charge in [0.15, 0.2) is 0 Å². The smallest absolute Gasteiger partial charge is 0.123 e. The Kier molecular flexibility index (Phi) is 5.05. The summed E-state index contributed by atoms with van der Waals surface area (Å²) in [5.74, 6) is 0.442. The minimum absolute atomic E-state index is 0.306. The van der Waals surface area contributed by atoms with E-state index in [9.17, 15) is 9.50 Å². The first kappa shape index (κ1) is 16.4. The van der Waals surface area contributed by atoms with Crippen molar-refractivity contribution in [1.82, 2.24) is 0 Å². The van der Waals surface area contributed by atoms with Gasteiger partial charge in [0.05, 0.1) is 5.60 Å². The molecule has 3 N–H and O–H groups in total. The molecule has 0 bridgehead atoms. The molecule has 0 spiro atoms. The second kappa shape index (κ2) is 6.45. The lowest BCUT2D eigenvalue weighted by atomic mass is 9.59. The van der Waals surface area contributed by atoms with Gasteiger partial charge in [0, 0.05) is 12.0 Å². The maximum absolute atomic E-state index is 13.5. The van der Waals surface area contributed by atoms with Gasteiger partial charge in [-0.05, 0) is 56.2 Å². The van der Waals surface area contributed by atoms with Gasteiger partial charge in [0.1, 0.15) is 5.82 Å². The monoisotopic (exact) mass is 293 g/mol. The maximum atomic E-state index is 13.5. The zero-order valence-corrected chi connectivity index (χ0v) is 13.2. The van der Waals surface area contributed by atoms with Crippen LogP contribution in [0.4, 0.5) is 4.39 Å². The summed E-state index contributed by atoms with van der Waals surface area (Å²) in [5, 5.41) is 11.2. The highest BCUT2D eigenvalue weighted by Gasteiger charge is 2.48. The fourth-order valence-electron chi connectivity index (χ4n) is 3.91. The van der Waals surface area contributed by atoms with Gasteiger partial charge in [-0.2, -0.15) is 0 Å². The van der Waals surface area contributed by atoms with Crippen molar-refractivity contribution in [3.05, 3.63) is 35.6 Å². The molecule has 3 heteroatoms. The molecule has 1 aliphatic carbocycles. The van der Waals surface area contributed by atoms with E-state index in [1.165, 1.54) is 25.0 Å². The van der Waals surface area contributed by atoms with Crippen molar-refractivity contribution < 1.29 is 9.50 Å². The second-order valence-corrected chi connectivity index (χ2v) is 6.80. The predicted molar refractivity (Wildman–Crippen MR) is 84.3 cm³/mol. The van der Waals surface area contributed by atoms with E-state index in [0.717, 1.165) is 31.6 Å². The van der Waals surface area contributed by atoms with Gasteiger partial charge in [-0.3, -0.25) is 0 Å². The molecular formula is C18H28FNO. The molecule has 0 aliphatic heterocycles. The molecule has 1 saturated carbocycles. The van der Waals surface area contributed by atoms with Crippen LogP contribution in [0.1, 0.15) is 57.9 Å². The fraction of sp³-hybridized carbons (Fsp3) is 0.667. The Morgan fingerprint density at radius 2 is 2.05 bits per heavy atom. The summed E-state index contributed by atoms with van der Waals surface area (Å²) < 4.78 is 13.5. The molecule has 1 aromatic carbocycles. The Balaban J connectivity index is 2.24. The Hall–Kier alpha value is -0.930. The molecule has 0 saturated heterocycles. The molecule has 2 rings (SSSR count). The van der Waals surface area contributed by atoms with E-state index in [1.807, 2.05) is 0 Å². The first-order valence-corrected chi connectivity index (χ1v) is 8.13. The molecule has 1 fully saturated rings. The van der Waals surface area contributed by atoms with Crippen LogP contribution >= 0.6 is 0 Å². The van der Waals surface area contributed by atoms with Gasteiger partial charge in [-0.25, -0.2) is 4.39 Å². The number of hydrogen-bond acceptors (Lipinski definition) is 2. The van der Waals surface area contributed by atoms with Gasteiger partial charge in [0.25, 0.3) is 0 Å². The Labute approximate surface area is 127 Å². The van der Waals surface area contributed by atoms with Crippen molar-refractivity contribution >= 4 is 0 Å². The van der Waals surface area contributed by atoms with Crippen LogP contribution in [-0.2, 0) is 5.60 Å². The van der Waals surface area contributed by atoms with Gasteiger partial charge >= 0.3 is 0 Å². The van der Waals surface area contributed by atoms with Gasteiger partial charge in [0.2, 0.25) is 0 Å². The summed E-state index contributed by atoms with van der Waals surface area (Å²) >= 11 is 0. The molecule has 0 amide bonds. The predicted octanol–water partition coefficient (Wildman–Crippen LogP) is 3.97. The van der Waals surface area contributed by atoms with E-state index in [0.29, 0.717) is 12.1 Å². The number of rotatable bonds is 5. The molecule has 0 aromatic heterocycles. The maximum Gasteiger partial charge on any atom is 0.123 e. The van der Waals surface area contributed by atoms with Gasteiger partial charge < -0.3 is 10.8 Å². The van der Waals surface area contributed by atoms with Crippen LogP contribution in [0.2, 0.25) is 0 Å². The van der Waals surface area contributed by atoms with Crippen molar-refractivity contribution in [3.8, 4) is 0 Å². The molecule has 1 unspecified atom stereocenters. The van der Waals surface area contributed by atoms with E-state index in [2.05, 4.69) is 6.92 Å². The van der Waals surface area contributed by atoms with Crippen LogP contribution in [0.5, 0.6) is 0 Å². The lowest BCUT2D eigenvalue weighted by Crippen LogP contribution is -2.50. The number of hydrogen-bond donors (Lipinski definition) is 2. The zero-order valence-electron chi connectivity index (χ0n) is 13.2. The topological polar surface area (TPSA) is 46.2 Å². The van der Waals surface area contributed by atoms with E-state index >= 15 is 0 Å². The van der Waals surface area contributed by atoms with Crippen LogP contribution in [0.15, 0.2) is 24.3 Å². The third-order valence-corrected chi connectivity index (χ3v) is 5.57. The van der Waals surface area contributed by atoms with Crippen LogP contribution in [-0.4, -0.2) is 11.7 Å². The summed E-state index contributed by atoms with van der Waals surface area (Å²) in [4.78, 5) is 0.